The van der Waals surface area contributed by atoms with Crippen molar-refractivity contribution >= 4 is 17.3 Å². The maximum Gasteiger partial charge on any atom is 0.247 e. The van der Waals surface area contributed by atoms with Crippen LogP contribution in [0, 0.1) is 5.82 Å². The molecular formula is C22H24FN5O2. The SMILES string of the molecule is COc1ccc(Oc2nc(Nc3cccc(F)c3)ncc2NC[C@@H]2CCCN2)cc1. The van der Waals surface area contributed by atoms with Crippen molar-refractivity contribution in [1.29, 1.82) is 0 Å². The minimum Gasteiger partial charge on any atom is -0.497 e. The van der Waals surface area contributed by atoms with Gasteiger partial charge in [-0.1, -0.05) is 6.07 Å². The van der Waals surface area contributed by atoms with Crippen molar-refractivity contribution in [2.45, 2.75) is 18.9 Å². The van der Waals surface area contributed by atoms with Crippen LogP contribution in [-0.4, -0.2) is 36.2 Å². The van der Waals surface area contributed by atoms with E-state index < -0.39 is 0 Å². The maximum atomic E-state index is 13.5. The van der Waals surface area contributed by atoms with Gasteiger partial charge in [0.2, 0.25) is 11.8 Å². The molecule has 0 aliphatic carbocycles. The Hall–Kier alpha value is -3.39. The number of anilines is 3. The number of methoxy groups -OCH3 is 1. The van der Waals surface area contributed by atoms with Crippen molar-refractivity contribution in [2.75, 3.05) is 30.8 Å². The number of nitrogens with one attached hydrogen (secondary N) is 3. The summed E-state index contributed by atoms with van der Waals surface area (Å²) in [5.41, 5.74) is 1.24. The van der Waals surface area contributed by atoms with Gasteiger partial charge in [-0.15, -0.1) is 0 Å². The Morgan fingerprint density at radius 2 is 2.00 bits per heavy atom. The van der Waals surface area contributed by atoms with Crippen LogP contribution in [0.1, 0.15) is 12.8 Å². The van der Waals surface area contributed by atoms with Crippen molar-refractivity contribution in [3.63, 3.8) is 0 Å². The highest BCUT2D eigenvalue weighted by Crippen LogP contribution is 2.30. The van der Waals surface area contributed by atoms with E-state index in [2.05, 4.69) is 25.9 Å². The number of aromatic nitrogens is 2. The van der Waals surface area contributed by atoms with Crippen LogP contribution < -0.4 is 25.4 Å². The van der Waals surface area contributed by atoms with Crippen LogP contribution in [0.5, 0.6) is 17.4 Å². The number of benzene rings is 2. The van der Waals surface area contributed by atoms with Gasteiger partial charge in [0, 0.05) is 18.3 Å². The van der Waals surface area contributed by atoms with Gasteiger partial charge in [-0.25, -0.2) is 9.37 Å². The van der Waals surface area contributed by atoms with E-state index >= 15 is 0 Å². The van der Waals surface area contributed by atoms with Crippen LogP contribution in [-0.2, 0) is 0 Å². The molecule has 0 amide bonds. The van der Waals surface area contributed by atoms with Crippen LogP contribution in [0.4, 0.5) is 21.7 Å². The molecule has 0 saturated carbocycles. The van der Waals surface area contributed by atoms with Crippen molar-refractivity contribution in [1.82, 2.24) is 15.3 Å². The minimum absolute atomic E-state index is 0.314. The van der Waals surface area contributed by atoms with Crippen molar-refractivity contribution in [3.05, 3.63) is 60.5 Å². The lowest BCUT2D eigenvalue weighted by Gasteiger charge is -2.16. The average molecular weight is 409 g/mol. The first kappa shape index (κ1) is 19.9. The fourth-order valence-corrected chi connectivity index (χ4v) is 3.24. The first-order valence-corrected chi connectivity index (χ1v) is 9.88. The second-order valence-corrected chi connectivity index (χ2v) is 7.00. The molecule has 0 bridgehead atoms. The standard InChI is InChI=1S/C22H24FN5O2/c1-29-18-7-9-19(10-8-18)30-21-20(25-13-17-6-3-11-24-17)14-26-22(28-21)27-16-5-2-4-15(23)12-16/h2,4-5,7-10,12,14,17,24-25H,3,6,11,13H2,1H3,(H,26,27,28)/t17-/m0/s1. The fraction of sp³-hybridized carbons (Fsp3) is 0.273. The molecule has 8 heteroatoms. The van der Waals surface area contributed by atoms with Gasteiger partial charge >= 0.3 is 0 Å². The third-order valence-electron chi connectivity index (χ3n) is 4.81. The summed E-state index contributed by atoms with van der Waals surface area (Å²) >= 11 is 0. The lowest BCUT2D eigenvalue weighted by atomic mass is 10.2. The van der Waals surface area contributed by atoms with E-state index in [1.54, 1.807) is 25.4 Å². The summed E-state index contributed by atoms with van der Waals surface area (Å²) in [6.45, 7) is 1.79. The summed E-state index contributed by atoms with van der Waals surface area (Å²) in [5.74, 6) is 1.72. The summed E-state index contributed by atoms with van der Waals surface area (Å²) < 4.78 is 24.7. The van der Waals surface area contributed by atoms with E-state index in [0.717, 1.165) is 25.3 Å². The van der Waals surface area contributed by atoms with Gasteiger partial charge in [0.15, 0.2) is 0 Å². The number of halogens is 1. The van der Waals surface area contributed by atoms with E-state index in [0.29, 0.717) is 35.0 Å². The van der Waals surface area contributed by atoms with Gasteiger partial charge in [0.1, 0.15) is 23.0 Å². The van der Waals surface area contributed by atoms with Crippen molar-refractivity contribution < 1.29 is 13.9 Å². The molecule has 156 valence electrons. The quantitative estimate of drug-likeness (QED) is 0.511. The first-order chi connectivity index (χ1) is 14.7. The monoisotopic (exact) mass is 409 g/mol. The molecule has 1 atom stereocenters. The number of rotatable bonds is 8. The molecule has 1 saturated heterocycles. The van der Waals surface area contributed by atoms with E-state index in [1.165, 1.54) is 18.6 Å². The molecule has 1 aromatic heterocycles. The molecule has 0 spiro atoms. The van der Waals surface area contributed by atoms with Gasteiger partial charge in [0.05, 0.1) is 13.3 Å². The van der Waals surface area contributed by atoms with Gasteiger partial charge in [-0.05, 0) is 61.9 Å². The van der Waals surface area contributed by atoms with Gasteiger partial charge < -0.3 is 25.4 Å². The Morgan fingerprint density at radius 3 is 2.73 bits per heavy atom. The normalized spacial score (nSPS) is 15.6. The van der Waals surface area contributed by atoms with Crippen LogP contribution >= 0.6 is 0 Å². The first-order valence-electron chi connectivity index (χ1n) is 9.88. The second kappa shape index (κ2) is 9.41. The third kappa shape index (κ3) is 5.15. The number of nitrogens with zero attached hydrogens (tertiary/aromatic N) is 2. The van der Waals surface area contributed by atoms with Crippen molar-refractivity contribution in [3.8, 4) is 17.4 Å². The predicted octanol–water partition coefficient (Wildman–Crippen LogP) is 4.32. The minimum atomic E-state index is -0.336. The highest BCUT2D eigenvalue weighted by Gasteiger charge is 2.16. The fourth-order valence-electron chi connectivity index (χ4n) is 3.24. The Labute approximate surface area is 174 Å². The lowest BCUT2D eigenvalue weighted by Crippen LogP contribution is -2.29. The van der Waals surface area contributed by atoms with E-state index in [4.69, 9.17) is 9.47 Å². The molecule has 1 fully saturated rings. The van der Waals surface area contributed by atoms with Crippen LogP contribution in [0.3, 0.4) is 0 Å². The summed E-state index contributed by atoms with van der Waals surface area (Å²) in [6.07, 6.45) is 3.97. The topological polar surface area (TPSA) is 80.3 Å². The number of ether oxygens (including phenoxy) is 2. The van der Waals surface area contributed by atoms with Gasteiger partial charge in [-0.3, -0.25) is 0 Å². The van der Waals surface area contributed by atoms with Crippen LogP contribution in [0.2, 0.25) is 0 Å². The molecule has 3 N–H and O–H groups in total. The van der Waals surface area contributed by atoms with Crippen LogP contribution in [0.15, 0.2) is 54.7 Å². The zero-order chi connectivity index (χ0) is 20.8. The molecule has 1 aliphatic rings. The molecular weight excluding hydrogens is 385 g/mol. The summed E-state index contributed by atoms with van der Waals surface area (Å²) in [7, 11) is 1.61. The smallest absolute Gasteiger partial charge is 0.247 e. The Balaban J connectivity index is 1.55. The molecule has 2 heterocycles. The van der Waals surface area contributed by atoms with Gasteiger partial charge in [-0.2, -0.15) is 4.98 Å². The van der Waals surface area contributed by atoms with Gasteiger partial charge in [0.25, 0.3) is 0 Å². The largest absolute Gasteiger partial charge is 0.497 e. The number of hydrogen-bond acceptors (Lipinski definition) is 7. The highest BCUT2D eigenvalue weighted by atomic mass is 19.1. The van der Waals surface area contributed by atoms with Crippen LogP contribution in [0.25, 0.3) is 0 Å². The van der Waals surface area contributed by atoms with E-state index in [9.17, 15) is 4.39 Å². The zero-order valence-corrected chi connectivity index (χ0v) is 16.7. The van der Waals surface area contributed by atoms with E-state index in [-0.39, 0.29) is 5.82 Å². The Morgan fingerprint density at radius 1 is 1.17 bits per heavy atom. The molecule has 7 nitrogen and oxygen atoms in total. The van der Waals surface area contributed by atoms with E-state index in [1.807, 2.05) is 24.3 Å². The zero-order valence-electron chi connectivity index (χ0n) is 16.7. The summed E-state index contributed by atoms with van der Waals surface area (Å²) in [4.78, 5) is 8.85. The maximum absolute atomic E-state index is 13.5. The molecule has 1 aliphatic heterocycles. The highest BCUT2D eigenvalue weighted by molar-refractivity contribution is 5.59. The Kier molecular flexibility index (Phi) is 6.24. The molecule has 30 heavy (non-hydrogen) atoms. The molecule has 0 radical (unpaired) electrons. The lowest BCUT2D eigenvalue weighted by molar-refractivity contribution is 0.412. The molecule has 2 aromatic carbocycles. The summed E-state index contributed by atoms with van der Waals surface area (Å²) in [6, 6.07) is 13.8. The number of hydrogen-bond donors (Lipinski definition) is 3. The molecule has 0 unspecified atom stereocenters. The summed E-state index contributed by atoms with van der Waals surface area (Å²) in [5, 5.41) is 9.84. The van der Waals surface area contributed by atoms with Crippen molar-refractivity contribution in [2.24, 2.45) is 0 Å². The second-order valence-electron chi connectivity index (χ2n) is 7.00. The average Bonchev–Trinajstić information content (AvgIpc) is 3.27. The predicted molar refractivity (Wildman–Crippen MR) is 114 cm³/mol. The Bertz CT molecular complexity index is 978. The third-order valence-corrected chi connectivity index (χ3v) is 4.81. The molecule has 3 aromatic rings. The molecule has 4 rings (SSSR count).